The first-order valence-corrected chi connectivity index (χ1v) is 17.9. The van der Waals surface area contributed by atoms with Crippen molar-refractivity contribution >= 4 is 33.3 Å². The van der Waals surface area contributed by atoms with Crippen LogP contribution in [0, 0.1) is 0 Å². The van der Waals surface area contributed by atoms with E-state index in [9.17, 15) is 14.2 Å². The third kappa shape index (κ3) is 30.3. The van der Waals surface area contributed by atoms with Gasteiger partial charge in [-0.25, -0.2) is 4.57 Å². The molecule has 0 heterocycles. The highest BCUT2D eigenvalue weighted by atomic mass is 32.1. The molecule has 0 N–H and O–H groups in total. The van der Waals surface area contributed by atoms with Gasteiger partial charge in [0.15, 0.2) is 6.10 Å². The van der Waals surface area contributed by atoms with Gasteiger partial charge in [0.2, 0.25) is 0 Å². The normalized spacial score (nSPS) is 12.1. The standard InChI is InChI=1S/C32H61O6PS/c1-2-3-4-5-6-7-8-10-14-17-20-23-26-32(34)38-30(29-37-39-35)28-36-31(33)25-22-19-16-13-11-9-12-15-18-21-24-27-40/h30,40H,2-29H2,1H3/t30-/m1/s1. The predicted molar refractivity (Wildman–Crippen MR) is 169 cm³/mol. The van der Waals surface area contributed by atoms with Crippen LogP contribution in [0.5, 0.6) is 0 Å². The zero-order chi connectivity index (χ0) is 29.4. The van der Waals surface area contributed by atoms with E-state index in [-0.39, 0.29) is 25.2 Å². The Hall–Kier alpha value is -0.650. The molecule has 0 aromatic carbocycles. The first kappa shape index (κ1) is 39.4. The molecule has 1 atom stereocenters. The van der Waals surface area contributed by atoms with Crippen molar-refractivity contribution in [1.82, 2.24) is 0 Å². The molecule has 0 aliphatic heterocycles. The summed E-state index contributed by atoms with van der Waals surface area (Å²) in [6.45, 7) is 2.13. The second kappa shape index (κ2) is 32.9. The molecule has 0 aromatic rings. The van der Waals surface area contributed by atoms with E-state index in [4.69, 9.17) is 14.0 Å². The van der Waals surface area contributed by atoms with E-state index in [0.29, 0.717) is 12.8 Å². The maximum atomic E-state index is 12.2. The van der Waals surface area contributed by atoms with Crippen molar-refractivity contribution in [1.29, 1.82) is 0 Å². The Morgan fingerprint density at radius 2 is 0.975 bits per heavy atom. The molecular weight excluding hydrogens is 543 g/mol. The topological polar surface area (TPSA) is 78.9 Å². The lowest BCUT2D eigenvalue weighted by atomic mass is 10.0. The van der Waals surface area contributed by atoms with Crippen LogP contribution in [0.3, 0.4) is 0 Å². The second-order valence-electron chi connectivity index (χ2n) is 11.2. The molecule has 0 amide bonds. The average molecular weight is 605 g/mol. The fourth-order valence-corrected chi connectivity index (χ4v) is 5.27. The highest BCUT2D eigenvalue weighted by molar-refractivity contribution is 7.80. The molecule has 40 heavy (non-hydrogen) atoms. The molecule has 6 nitrogen and oxygen atoms in total. The van der Waals surface area contributed by atoms with Crippen molar-refractivity contribution in [2.24, 2.45) is 0 Å². The summed E-state index contributed by atoms with van der Waals surface area (Å²) in [5, 5.41) is 0. The van der Waals surface area contributed by atoms with E-state index in [0.717, 1.165) is 44.3 Å². The van der Waals surface area contributed by atoms with E-state index in [1.54, 1.807) is 0 Å². The zero-order valence-corrected chi connectivity index (χ0v) is 27.5. The van der Waals surface area contributed by atoms with Crippen LogP contribution in [0.1, 0.15) is 167 Å². The highest BCUT2D eigenvalue weighted by Crippen LogP contribution is 2.14. The van der Waals surface area contributed by atoms with Gasteiger partial charge in [-0.3, -0.25) is 14.1 Å². The molecule has 0 rings (SSSR count). The Kier molecular flexibility index (Phi) is 32.3. The molecule has 0 aliphatic rings. The smallest absolute Gasteiger partial charge is 0.327 e. The SMILES string of the molecule is CCCCCCCCCCCCCCC(=O)O[C@@H](COP=O)COC(=O)CCCCCCCCCCCCCS. The average Bonchev–Trinajstić information content (AvgIpc) is 2.95. The number of carbonyl (C=O) groups is 2. The number of carbonyl (C=O) groups excluding carboxylic acids is 2. The van der Waals surface area contributed by atoms with Crippen LogP contribution in [-0.4, -0.2) is 37.0 Å². The molecule has 0 saturated carbocycles. The molecule has 0 spiro atoms. The summed E-state index contributed by atoms with van der Waals surface area (Å²) >= 11 is 4.25. The minimum atomic E-state index is -0.729. The Morgan fingerprint density at radius 1 is 0.575 bits per heavy atom. The molecule has 0 bridgehead atoms. The summed E-state index contributed by atoms with van der Waals surface area (Å²) in [5.74, 6) is 0.385. The first-order chi connectivity index (χ1) is 19.6. The van der Waals surface area contributed by atoms with Crippen molar-refractivity contribution in [3.63, 3.8) is 0 Å². The zero-order valence-electron chi connectivity index (χ0n) is 25.7. The second-order valence-corrected chi connectivity index (χ2v) is 12.0. The number of thiol groups is 1. The van der Waals surface area contributed by atoms with Crippen LogP contribution in [0.4, 0.5) is 0 Å². The minimum Gasteiger partial charge on any atom is -0.462 e. The predicted octanol–water partition coefficient (Wildman–Crippen LogP) is 10.4. The van der Waals surface area contributed by atoms with Crippen molar-refractivity contribution in [2.45, 2.75) is 174 Å². The largest absolute Gasteiger partial charge is 0.462 e. The number of hydrogen-bond donors (Lipinski definition) is 1. The molecule has 0 fully saturated rings. The van der Waals surface area contributed by atoms with Crippen LogP contribution in [0.15, 0.2) is 0 Å². The van der Waals surface area contributed by atoms with E-state index in [2.05, 4.69) is 19.6 Å². The third-order valence-corrected chi connectivity index (χ3v) is 7.89. The molecule has 0 unspecified atom stereocenters. The lowest BCUT2D eigenvalue weighted by Crippen LogP contribution is -2.28. The van der Waals surface area contributed by atoms with Gasteiger partial charge in [-0.15, -0.1) is 0 Å². The molecular formula is C32H61O6PS. The minimum absolute atomic E-state index is 0.0578. The van der Waals surface area contributed by atoms with Gasteiger partial charge >= 0.3 is 20.6 Å². The summed E-state index contributed by atoms with van der Waals surface area (Å²) in [4.78, 5) is 24.4. The fraction of sp³-hybridized carbons (Fsp3) is 0.938. The monoisotopic (exact) mass is 604 g/mol. The van der Waals surface area contributed by atoms with Crippen LogP contribution in [0.2, 0.25) is 0 Å². The summed E-state index contributed by atoms with van der Waals surface area (Å²) in [5.41, 5.74) is 0. The fourth-order valence-electron chi connectivity index (χ4n) is 4.82. The van der Waals surface area contributed by atoms with E-state index in [1.807, 2.05) is 0 Å². The first-order valence-electron chi connectivity index (χ1n) is 16.5. The molecule has 0 aromatic heterocycles. The third-order valence-electron chi connectivity index (χ3n) is 7.31. The number of unbranched alkanes of at least 4 members (excludes halogenated alkanes) is 21. The van der Waals surface area contributed by atoms with Gasteiger partial charge in [0.1, 0.15) is 13.2 Å². The van der Waals surface area contributed by atoms with Crippen LogP contribution in [-0.2, 0) is 28.2 Å². The molecule has 0 aliphatic carbocycles. The van der Waals surface area contributed by atoms with Gasteiger partial charge in [-0.2, -0.15) is 12.6 Å². The molecule has 0 saturated heterocycles. The Balaban J connectivity index is 3.76. The lowest BCUT2D eigenvalue weighted by molar-refractivity contribution is -0.160. The summed E-state index contributed by atoms with van der Waals surface area (Å²) < 4.78 is 26.3. The van der Waals surface area contributed by atoms with Gasteiger partial charge in [-0.05, 0) is 25.0 Å². The van der Waals surface area contributed by atoms with Crippen molar-refractivity contribution in [3.8, 4) is 0 Å². The number of ether oxygens (including phenoxy) is 2. The molecule has 236 valence electrons. The number of esters is 2. The van der Waals surface area contributed by atoms with Gasteiger partial charge < -0.3 is 9.47 Å². The van der Waals surface area contributed by atoms with Crippen molar-refractivity contribution in [2.75, 3.05) is 19.0 Å². The van der Waals surface area contributed by atoms with Crippen LogP contribution < -0.4 is 0 Å². The van der Waals surface area contributed by atoms with E-state index >= 15 is 0 Å². The maximum absolute atomic E-state index is 12.2. The lowest BCUT2D eigenvalue weighted by Gasteiger charge is -2.16. The Morgan fingerprint density at radius 3 is 1.40 bits per heavy atom. The van der Waals surface area contributed by atoms with Crippen molar-refractivity contribution in [3.05, 3.63) is 0 Å². The maximum Gasteiger partial charge on any atom is 0.327 e. The van der Waals surface area contributed by atoms with E-state index < -0.39 is 14.8 Å². The van der Waals surface area contributed by atoms with Gasteiger partial charge in [0.05, 0.1) is 0 Å². The van der Waals surface area contributed by atoms with Gasteiger partial charge in [0.25, 0.3) is 0 Å². The van der Waals surface area contributed by atoms with E-state index in [1.165, 1.54) is 109 Å². The van der Waals surface area contributed by atoms with Crippen molar-refractivity contribution < 1.29 is 28.2 Å². The summed E-state index contributed by atoms with van der Waals surface area (Å²) in [6, 6.07) is 0. The number of rotatable bonds is 32. The highest BCUT2D eigenvalue weighted by Gasteiger charge is 2.17. The van der Waals surface area contributed by atoms with Crippen LogP contribution in [0.25, 0.3) is 0 Å². The van der Waals surface area contributed by atoms with Crippen LogP contribution >= 0.6 is 21.3 Å². The Bertz CT molecular complexity index is 578. The quantitative estimate of drug-likeness (QED) is 0.0356. The summed E-state index contributed by atoms with van der Waals surface area (Å²) in [7, 11) is -0.483. The van der Waals surface area contributed by atoms with Gasteiger partial charge in [-0.1, -0.05) is 135 Å². The summed E-state index contributed by atoms with van der Waals surface area (Å²) in [6.07, 6.45) is 28.1. The molecule has 8 heteroatoms. The Labute approximate surface area is 253 Å². The van der Waals surface area contributed by atoms with Gasteiger partial charge in [0, 0.05) is 12.8 Å². The number of hydrogen-bond acceptors (Lipinski definition) is 7. The molecule has 0 radical (unpaired) electrons.